The van der Waals surface area contributed by atoms with Crippen molar-refractivity contribution in [1.82, 2.24) is 9.55 Å². The van der Waals surface area contributed by atoms with Gasteiger partial charge < -0.3 is 9.55 Å². The number of hydrogen-bond acceptors (Lipinski definition) is 2. The Morgan fingerprint density at radius 1 is 0.521 bits per heavy atom. The molecule has 0 aliphatic heterocycles. The molecule has 0 fully saturated rings. The third-order valence-electron chi connectivity index (χ3n) is 9.58. The van der Waals surface area contributed by atoms with Gasteiger partial charge in [-0.25, -0.2) is 0 Å². The number of thiophene rings is 2. The van der Waals surface area contributed by atoms with Crippen molar-refractivity contribution in [2.45, 2.75) is 6.92 Å². The van der Waals surface area contributed by atoms with E-state index in [1.807, 2.05) is 22.7 Å². The van der Waals surface area contributed by atoms with Crippen LogP contribution in [0.5, 0.6) is 0 Å². The summed E-state index contributed by atoms with van der Waals surface area (Å²) in [5, 5.41) is 10.6. The van der Waals surface area contributed by atoms with Crippen LogP contribution in [0.25, 0.3) is 89.6 Å². The van der Waals surface area contributed by atoms with Gasteiger partial charge in [0.2, 0.25) is 0 Å². The second-order valence-electron chi connectivity index (χ2n) is 12.3. The van der Waals surface area contributed by atoms with Crippen LogP contribution in [0.2, 0.25) is 0 Å². The van der Waals surface area contributed by atoms with Gasteiger partial charge in [-0.2, -0.15) is 0 Å². The quantitative estimate of drug-likeness (QED) is 0.175. The lowest BCUT2D eigenvalue weighted by atomic mass is 10.0. The molecule has 7 aromatic carbocycles. The Kier molecular flexibility index (Phi) is 6.32. The van der Waals surface area contributed by atoms with Crippen molar-refractivity contribution in [1.29, 1.82) is 0 Å². The predicted molar refractivity (Wildman–Crippen MR) is 215 cm³/mol. The summed E-state index contributed by atoms with van der Waals surface area (Å²) in [7, 11) is 0. The number of H-pyrrole nitrogens is 1. The van der Waals surface area contributed by atoms with Crippen LogP contribution in [0.15, 0.2) is 144 Å². The lowest BCUT2D eigenvalue weighted by Crippen LogP contribution is -1.93. The zero-order valence-corrected chi connectivity index (χ0v) is 29.1. The van der Waals surface area contributed by atoms with E-state index in [1.54, 1.807) is 0 Å². The maximum Gasteiger partial charge on any atom is 0.0741 e. The zero-order valence-electron chi connectivity index (χ0n) is 25.9. The van der Waals surface area contributed by atoms with E-state index in [2.05, 4.69) is 172 Å². The number of aromatic amines is 1. The molecular weight excluding hydrogens is 689 g/mol. The number of nitrogens with zero attached hydrogens (tertiary/aromatic N) is 1. The van der Waals surface area contributed by atoms with E-state index in [0.29, 0.717) is 0 Å². The first-order valence-electron chi connectivity index (χ1n) is 16.1. The normalized spacial score (nSPS) is 12.0. The van der Waals surface area contributed by atoms with Crippen LogP contribution < -0.4 is 0 Å². The molecule has 0 saturated heterocycles. The van der Waals surface area contributed by atoms with Gasteiger partial charge in [-0.05, 0) is 55.0 Å². The summed E-state index contributed by atoms with van der Waals surface area (Å²) >= 11 is 7.42. The van der Waals surface area contributed by atoms with E-state index < -0.39 is 0 Å². The first-order chi connectivity index (χ1) is 23.7. The standard InChI is InChI=1S/C30H18N2S.C13H9BrS/c1-2-10-18(11-3-1)32-23-16-8-5-13-20(23)27-28-25(19-12-4-7-15-22(19)31-28)26-21-14-6-9-17-24(21)33-30(26)29(27)32;1-8-6-7-10(14)12-9-4-2-3-5-11(9)15-13(8)12/h1-17,31H;2-7H,1H3. The molecule has 228 valence electrons. The van der Waals surface area contributed by atoms with Crippen LogP contribution in [0.3, 0.4) is 0 Å². The highest BCUT2D eigenvalue weighted by molar-refractivity contribution is 9.10. The van der Waals surface area contributed by atoms with Crippen LogP contribution in [0.4, 0.5) is 0 Å². The van der Waals surface area contributed by atoms with E-state index in [4.69, 9.17) is 0 Å². The summed E-state index contributed by atoms with van der Waals surface area (Å²) in [6, 6.07) is 50.0. The van der Waals surface area contributed by atoms with Gasteiger partial charge in [0.15, 0.2) is 0 Å². The average molecular weight is 716 g/mol. The minimum atomic E-state index is 1.19. The molecule has 0 radical (unpaired) electrons. The van der Waals surface area contributed by atoms with E-state index >= 15 is 0 Å². The molecule has 1 N–H and O–H groups in total. The molecule has 0 saturated carbocycles. The summed E-state index contributed by atoms with van der Waals surface area (Å²) in [5.41, 5.74) is 7.50. The maximum atomic E-state index is 3.82. The smallest absolute Gasteiger partial charge is 0.0741 e. The molecule has 0 atom stereocenters. The number of aryl methyl sites for hydroxylation is 1. The van der Waals surface area contributed by atoms with Gasteiger partial charge in [0.1, 0.15) is 0 Å². The second-order valence-corrected chi connectivity index (χ2v) is 15.3. The molecule has 0 aliphatic rings. The Balaban J connectivity index is 0.000000165. The van der Waals surface area contributed by atoms with Crippen molar-refractivity contribution in [3.8, 4) is 5.69 Å². The Morgan fingerprint density at radius 3 is 1.90 bits per heavy atom. The molecule has 5 heteroatoms. The van der Waals surface area contributed by atoms with E-state index in [0.717, 1.165) is 0 Å². The van der Waals surface area contributed by atoms with Crippen LogP contribution in [0.1, 0.15) is 5.56 Å². The predicted octanol–water partition coefficient (Wildman–Crippen LogP) is 13.9. The molecule has 4 heterocycles. The molecule has 0 unspecified atom stereocenters. The summed E-state index contributed by atoms with van der Waals surface area (Å²) in [6.45, 7) is 2.17. The number of rotatable bonds is 1. The highest BCUT2D eigenvalue weighted by atomic mass is 79.9. The topological polar surface area (TPSA) is 20.7 Å². The molecule has 0 amide bonds. The Hall–Kier alpha value is -4.94. The third-order valence-corrected chi connectivity index (χ3v) is 12.7. The van der Waals surface area contributed by atoms with Gasteiger partial charge in [0.25, 0.3) is 0 Å². The lowest BCUT2D eigenvalue weighted by molar-refractivity contribution is 1.19. The first kappa shape index (κ1) is 28.1. The fraction of sp³-hybridized carbons (Fsp3) is 0.0233. The molecule has 11 aromatic rings. The third kappa shape index (κ3) is 4.02. The highest BCUT2D eigenvalue weighted by Crippen LogP contribution is 2.49. The number of hydrogen-bond donors (Lipinski definition) is 1. The van der Waals surface area contributed by atoms with Gasteiger partial charge >= 0.3 is 0 Å². The molecule has 48 heavy (non-hydrogen) atoms. The Morgan fingerprint density at radius 2 is 1.12 bits per heavy atom. The fourth-order valence-corrected chi connectivity index (χ4v) is 10.6. The van der Waals surface area contributed by atoms with Crippen molar-refractivity contribution < 1.29 is 0 Å². The second kappa shape index (κ2) is 10.8. The van der Waals surface area contributed by atoms with Crippen LogP contribution in [-0.4, -0.2) is 9.55 Å². The molecule has 0 aliphatic carbocycles. The molecule has 2 nitrogen and oxygen atoms in total. The molecule has 4 aromatic heterocycles. The van der Waals surface area contributed by atoms with Crippen molar-refractivity contribution in [3.05, 3.63) is 150 Å². The number of aromatic nitrogens is 2. The molecular formula is C43H27BrN2S2. The zero-order chi connectivity index (χ0) is 31.9. The number of halogens is 1. The van der Waals surface area contributed by atoms with Crippen LogP contribution >= 0.6 is 38.6 Å². The Bertz CT molecular complexity index is 3030. The summed E-state index contributed by atoms with van der Waals surface area (Å²) < 4.78 is 9.08. The van der Waals surface area contributed by atoms with Gasteiger partial charge in [-0.1, -0.05) is 113 Å². The SMILES string of the molecule is Cc1ccc(Br)c2c1sc1ccccc12.c1ccc(-n2c3ccccc3c3c4[nH]c5ccccc5c4c4c5ccccc5sc4c32)cc1. The summed E-state index contributed by atoms with van der Waals surface area (Å²) in [5.74, 6) is 0. The highest BCUT2D eigenvalue weighted by Gasteiger charge is 2.23. The van der Waals surface area contributed by atoms with Gasteiger partial charge in [-0.3, -0.25) is 0 Å². The number of para-hydroxylation sites is 3. The van der Waals surface area contributed by atoms with Crippen LogP contribution in [0, 0.1) is 6.92 Å². The van der Waals surface area contributed by atoms with Gasteiger partial charge in [0, 0.05) is 72.9 Å². The van der Waals surface area contributed by atoms with Gasteiger partial charge in [-0.15, -0.1) is 22.7 Å². The van der Waals surface area contributed by atoms with E-state index in [-0.39, 0.29) is 0 Å². The van der Waals surface area contributed by atoms with Gasteiger partial charge in [0.05, 0.1) is 21.3 Å². The number of benzene rings is 7. The van der Waals surface area contributed by atoms with Crippen molar-refractivity contribution >= 4 is 123 Å². The first-order valence-corrected chi connectivity index (χ1v) is 18.5. The molecule has 0 bridgehead atoms. The summed E-state index contributed by atoms with van der Waals surface area (Å²) in [4.78, 5) is 3.82. The number of fused-ring (bicyclic) bond motifs is 15. The van der Waals surface area contributed by atoms with Crippen molar-refractivity contribution in [2.75, 3.05) is 0 Å². The molecule has 11 rings (SSSR count). The maximum absolute atomic E-state index is 3.82. The van der Waals surface area contributed by atoms with E-state index in [1.165, 1.54) is 99.7 Å². The minimum Gasteiger partial charge on any atom is -0.354 e. The summed E-state index contributed by atoms with van der Waals surface area (Å²) in [6.07, 6.45) is 0. The lowest BCUT2D eigenvalue weighted by Gasteiger charge is -2.09. The minimum absolute atomic E-state index is 1.19. The van der Waals surface area contributed by atoms with Crippen molar-refractivity contribution in [2.24, 2.45) is 0 Å². The average Bonchev–Trinajstić information content (AvgIpc) is 3.89. The monoisotopic (exact) mass is 714 g/mol. The largest absolute Gasteiger partial charge is 0.354 e. The number of nitrogens with one attached hydrogen (secondary N) is 1. The molecule has 0 spiro atoms. The Labute approximate surface area is 292 Å². The van der Waals surface area contributed by atoms with E-state index in [9.17, 15) is 0 Å². The van der Waals surface area contributed by atoms with Crippen molar-refractivity contribution in [3.63, 3.8) is 0 Å². The fourth-order valence-electron chi connectivity index (χ4n) is 7.52. The van der Waals surface area contributed by atoms with Crippen LogP contribution in [-0.2, 0) is 0 Å².